The molecule has 0 aliphatic heterocycles. The van der Waals surface area contributed by atoms with Crippen LogP contribution in [0, 0.1) is 0 Å². The van der Waals surface area contributed by atoms with Gasteiger partial charge in [-0.15, -0.1) is 13.2 Å². The molecule has 3 aromatic rings. The highest BCUT2D eigenvalue weighted by Crippen LogP contribution is 2.28. The summed E-state index contributed by atoms with van der Waals surface area (Å²) in [4.78, 5) is 12.0. The number of ether oxygens (including phenoxy) is 1. The minimum absolute atomic E-state index is 0.0191. The Bertz CT molecular complexity index is 927. The summed E-state index contributed by atoms with van der Waals surface area (Å²) in [6, 6.07) is 11.6. The van der Waals surface area contributed by atoms with Gasteiger partial charge in [0.05, 0.1) is 10.9 Å². The molecular formula is C17H11F3O4. The van der Waals surface area contributed by atoms with Gasteiger partial charge in [-0.1, -0.05) is 24.3 Å². The van der Waals surface area contributed by atoms with Gasteiger partial charge in [0.15, 0.2) is 0 Å². The molecule has 24 heavy (non-hydrogen) atoms. The van der Waals surface area contributed by atoms with Crippen LogP contribution in [-0.2, 0) is 6.42 Å². The number of alkyl halides is 3. The van der Waals surface area contributed by atoms with Crippen LogP contribution in [0.4, 0.5) is 13.2 Å². The van der Waals surface area contributed by atoms with Gasteiger partial charge >= 0.3 is 12.0 Å². The largest absolute Gasteiger partial charge is 0.573 e. The van der Waals surface area contributed by atoms with Gasteiger partial charge in [0.25, 0.3) is 0 Å². The highest BCUT2D eigenvalue weighted by Gasteiger charge is 2.31. The maximum absolute atomic E-state index is 12.1. The fraction of sp³-hybridized carbons (Fsp3) is 0.118. The van der Waals surface area contributed by atoms with Crippen LogP contribution < -0.4 is 10.4 Å². The van der Waals surface area contributed by atoms with E-state index in [2.05, 4.69) is 4.74 Å². The second-order valence-electron chi connectivity index (χ2n) is 5.08. The zero-order valence-electron chi connectivity index (χ0n) is 12.1. The molecule has 7 heteroatoms. The van der Waals surface area contributed by atoms with Crippen LogP contribution >= 0.6 is 0 Å². The van der Waals surface area contributed by atoms with Crippen molar-refractivity contribution in [3.05, 3.63) is 70.1 Å². The average Bonchev–Trinajstić information content (AvgIpc) is 2.51. The van der Waals surface area contributed by atoms with E-state index in [4.69, 9.17) is 4.42 Å². The number of fused-ring (bicyclic) bond motifs is 1. The second-order valence-corrected chi connectivity index (χ2v) is 5.08. The van der Waals surface area contributed by atoms with E-state index >= 15 is 0 Å². The van der Waals surface area contributed by atoms with Crippen molar-refractivity contribution in [2.45, 2.75) is 12.8 Å². The van der Waals surface area contributed by atoms with Crippen LogP contribution in [0.15, 0.2) is 57.7 Å². The van der Waals surface area contributed by atoms with Crippen LogP contribution in [-0.4, -0.2) is 11.5 Å². The van der Waals surface area contributed by atoms with E-state index in [0.717, 1.165) is 12.1 Å². The molecule has 0 saturated heterocycles. The molecule has 0 radical (unpaired) electrons. The van der Waals surface area contributed by atoms with E-state index in [1.165, 1.54) is 12.1 Å². The Balaban J connectivity index is 1.91. The summed E-state index contributed by atoms with van der Waals surface area (Å²) in [5, 5.41) is 10.7. The van der Waals surface area contributed by atoms with Crippen molar-refractivity contribution < 1.29 is 27.4 Å². The van der Waals surface area contributed by atoms with Gasteiger partial charge in [-0.3, -0.25) is 0 Å². The average molecular weight is 336 g/mol. The zero-order valence-corrected chi connectivity index (χ0v) is 12.1. The van der Waals surface area contributed by atoms with E-state index in [-0.39, 0.29) is 29.1 Å². The highest BCUT2D eigenvalue weighted by molar-refractivity contribution is 5.84. The van der Waals surface area contributed by atoms with Gasteiger partial charge in [-0.25, -0.2) is 4.79 Å². The summed E-state index contributed by atoms with van der Waals surface area (Å²) in [5.74, 6) is -0.557. The second kappa shape index (κ2) is 5.92. The first-order valence-corrected chi connectivity index (χ1v) is 6.92. The van der Waals surface area contributed by atoms with Crippen LogP contribution in [0.2, 0.25) is 0 Å². The standard InChI is InChI=1S/C17H11F3O4/c18-17(19,20)24-11-7-5-10(6-8-11)9-13-15(21)12-3-1-2-4-14(12)23-16(13)22/h1-8,21H,9H2. The molecule has 0 fully saturated rings. The van der Waals surface area contributed by atoms with Gasteiger partial charge in [0, 0.05) is 6.42 Å². The van der Waals surface area contributed by atoms with Crippen LogP contribution in [0.1, 0.15) is 11.1 Å². The summed E-state index contributed by atoms with van der Waals surface area (Å²) in [6.07, 6.45) is -4.75. The molecule has 4 nitrogen and oxygen atoms in total. The van der Waals surface area contributed by atoms with Crippen molar-refractivity contribution >= 4 is 11.0 Å². The summed E-state index contributed by atoms with van der Waals surface area (Å²) in [5.41, 5.74) is 0.139. The van der Waals surface area contributed by atoms with Crippen LogP contribution in [0.25, 0.3) is 11.0 Å². The number of para-hydroxylation sites is 1. The molecule has 1 heterocycles. The highest BCUT2D eigenvalue weighted by atomic mass is 19.4. The topological polar surface area (TPSA) is 59.7 Å². The fourth-order valence-corrected chi connectivity index (χ4v) is 2.34. The Kier molecular flexibility index (Phi) is 3.92. The van der Waals surface area contributed by atoms with Crippen LogP contribution in [0.3, 0.4) is 0 Å². The first-order valence-electron chi connectivity index (χ1n) is 6.92. The van der Waals surface area contributed by atoms with Gasteiger partial charge in [0.1, 0.15) is 17.1 Å². The fourth-order valence-electron chi connectivity index (χ4n) is 2.34. The lowest BCUT2D eigenvalue weighted by molar-refractivity contribution is -0.274. The minimum atomic E-state index is -4.76. The van der Waals surface area contributed by atoms with E-state index in [0.29, 0.717) is 10.9 Å². The monoisotopic (exact) mass is 336 g/mol. The Morgan fingerprint density at radius 2 is 1.71 bits per heavy atom. The summed E-state index contributed by atoms with van der Waals surface area (Å²) in [6.45, 7) is 0. The molecule has 0 bridgehead atoms. The maximum Gasteiger partial charge on any atom is 0.573 e. The first-order chi connectivity index (χ1) is 11.3. The van der Waals surface area contributed by atoms with Crippen LogP contribution in [0.5, 0.6) is 11.5 Å². The zero-order chi connectivity index (χ0) is 17.3. The summed E-state index contributed by atoms with van der Waals surface area (Å²) < 4.78 is 45.3. The molecular weight excluding hydrogens is 325 g/mol. The van der Waals surface area contributed by atoms with Crippen molar-refractivity contribution in [2.75, 3.05) is 0 Å². The molecule has 0 saturated carbocycles. The predicted octanol–water partition coefficient (Wildman–Crippen LogP) is 3.99. The van der Waals surface area contributed by atoms with E-state index in [1.807, 2.05) is 0 Å². The molecule has 3 rings (SSSR count). The molecule has 1 N–H and O–H groups in total. The quantitative estimate of drug-likeness (QED) is 0.735. The molecule has 1 aromatic heterocycles. The lowest BCUT2D eigenvalue weighted by Gasteiger charge is -2.10. The van der Waals surface area contributed by atoms with E-state index in [1.54, 1.807) is 24.3 Å². The SMILES string of the molecule is O=c1oc2ccccc2c(O)c1Cc1ccc(OC(F)(F)F)cc1. The number of halogens is 3. The van der Waals surface area contributed by atoms with Crippen molar-refractivity contribution in [1.82, 2.24) is 0 Å². The molecule has 0 amide bonds. The number of hydrogen-bond acceptors (Lipinski definition) is 4. The third-order valence-corrected chi connectivity index (χ3v) is 3.41. The van der Waals surface area contributed by atoms with Crippen molar-refractivity contribution in [1.29, 1.82) is 0 Å². The molecule has 0 unspecified atom stereocenters. The third-order valence-electron chi connectivity index (χ3n) is 3.41. The van der Waals surface area contributed by atoms with Gasteiger partial charge in [0.2, 0.25) is 0 Å². The Morgan fingerprint density at radius 1 is 1.04 bits per heavy atom. The smallest absolute Gasteiger partial charge is 0.507 e. The minimum Gasteiger partial charge on any atom is -0.507 e. The van der Waals surface area contributed by atoms with Gasteiger partial charge in [-0.05, 0) is 29.8 Å². The number of hydrogen-bond donors (Lipinski definition) is 1. The van der Waals surface area contributed by atoms with Crippen molar-refractivity contribution in [2.24, 2.45) is 0 Å². The number of aromatic hydroxyl groups is 1. The van der Waals surface area contributed by atoms with Crippen molar-refractivity contribution in [3.63, 3.8) is 0 Å². The predicted molar refractivity (Wildman–Crippen MR) is 80.1 cm³/mol. The van der Waals surface area contributed by atoms with Gasteiger partial charge in [-0.2, -0.15) is 0 Å². The molecule has 0 aliphatic carbocycles. The summed E-state index contributed by atoms with van der Waals surface area (Å²) >= 11 is 0. The van der Waals surface area contributed by atoms with Gasteiger partial charge < -0.3 is 14.3 Å². The Morgan fingerprint density at radius 3 is 2.38 bits per heavy atom. The lowest BCUT2D eigenvalue weighted by atomic mass is 10.0. The lowest BCUT2D eigenvalue weighted by Crippen LogP contribution is -2.17. The molecule has 2 aromatic carbocycles. The first kappa shape index (κ1) is 15.9. The molecule has 0 aliphatic rings. The molecule has 124 valence electrons. The normalized spacial score (nSPS) is 11.6. The number of rotatable bonds is 3. The number of benzene rings is 2. The Labute approximate surface area is 133 Å². The van der Waals surface area contributed by atoms with Crippen molar-refractivity contribution in [3.8, 4) is 11.5 Å². The van der Waals surface area contributed by atoms with E-state index in [9.17, 15) is 23.1 Å². The molecule has 0 atom stereocenters. The summed E-state index contributed by atoms with van der Waals surface area (Å²) in [7, 11) is 0. The molecule has 0 spiro atoms. The Hall–Kier alpha value is -2.96. The third kappa shape index (κ3) is 3.34. The maximum atomic E-state index is 12.1. The van der Waals surface area contributed by atoms with E-state index < -0.39 is 12.0 Å².